The highest BCUT2D eigenvalue weighted by molar-refractivity contribution is 5.76. The summed E-state index contributed by atoms with van der Waals surface area (Å²) in [6.45, 7) is 5.30. The molecule has 0 radical (unpaired) electrons. The minimum absolute atomic E-state index is 0.369. The van der Waals surface area contributed by atoms with Gasteiger partial charge in [0, 0.05) is 25.7 Å². The second-order valence-electron chi connectivity index (χ2n) is 5.65. The molecule has 2 rings (SSSR count). The van der Waals surface area contributed by atoms with Crippen LogP contribution in [0.25, 0.3) is 11.0 Å². The Morgan fingerprint density at radius 3 is 2.68 bits per heavy atom. The van der Waals surface area contributed by atoms with E-state index in [0.29, 0.717) is 12.1 Å². The first kappa shape index (κ1) is 14.0. The highest BCUT2D eigenvalue weighted by Gasteiger charge is 2.15. The number of likely N-dealkylation sites (N-methyl/N-ethyl adjacent to an activating group) is 1. The van der Waals surface area contributed by atoms with E-state index in [0.717, 1.165) is 12.1 Å². The molecule has 1 heterocycles. The molecule has 1 N–H and O–H groups in total. The van der Waals surface area contributed by atoms with Crippen LogP contribution >= 0.6 is 0 Å². The fourth-order valence-corrected chi connectivity index (χ4v) is 2.31. The fourth-order valence-electron chi connectivity index (χ4n) is 2.31. The summed E-state index contributed by atoms with van der Waals surface area (Å²) in [6.07, 6.45) is 1.87. The first-order chi connectivity index (χ1) is 8.99. The lowest BCUT2D eigenvalue weighted by Crippen LogP contribution is -2.34. The van der Waals surface area contributed by atoms with Crippen molar-refractivity contribution in [2.45, 2.75) is 25.9 Å². The van der Waals surface area contributed by atoms with Gasteiger partial charge < -0.3 is 14.8 Å². The van der Waals surface area contributed by atoms with Gasteiger partial charge in [-0.05, 0) is 31.8 Å². The molecule has 0 amide bonds. The third-order valence-corrected chi connectivity index (χ3v) is 3.48. The van der Waals surface area contributed by atoms with Crippen LogP contribution in [-0.2, 0) is 7.05 Å². The second-order valence-corrected chi connectivity index (χ2v) is 5.65. The van der Waals surface area contributed by atoms with Crippen molar-refractivity contribution in [3.8, 4) is 0 Å². The largest absolute Gasteiger partial charge is 0.334 e. The lowest BCUT2D eigenvalue weighted by molar-refractivity contribution is 0.283. The Morgan fingerprint density at radius 2 is 2.05 bits per heavy atom. The number of aryl methyl sites for hydroxylation is 1. The van der Waals surface area contributed by atoms with E-state index in [-0.39, 0.29) is 0 Å². The smallest absolute Gasteiger partial charge is 0.0955 e. The van der Waals surface area contributed by atoms with Gasteiger partial charge in [0.25, 0.3) is 0 Å². The zero-order valence-corrected chi connectivity index (χ0v) is 12.5. The zero-order chi connectivity index (χ0) is 14.0. The Bertz CT molecular complexity index is 542. The van der Waals surface area contributed by atoms with Crippen molar-refractivity contribution < 1.29 is 0 Å². The predicted molar refractivity (Wildman–Crippen MR) is 80.3 cm³/mol. The standard InChI is InChI=1S/C15H24N4/c1-11(2)16-9-15(18(3)4)12-6-7-14-13(8-12)17-10-19(14)5/h6-8,10-11,15-16H,9H2,1-5H3. The Morgan fingerprint density at radius 1 is 1.32 bits per heavy atom. The van der Waals surface area contributed by atoms with Crippen LogP contribution in [0.4, 0.5) is 0 Å². The molecule has 2 aromatic rings. The number of hydrogen-bond acceptors (Lipinski definition) is 3. The van der Waals surface area contributed by atoms with E-state index >= 15 is 0 Å². The summed E-state index contributed by atoms with van der Waals surface area (Å²) in [7, 11) is 6.27. The molecule has 19 heavy (non-hydrogen) atoms. The molecule has 0 aliphatic heterocycles. The van der Waals surface area contributed by atoms with Crippen molar-refractivity contribution in [2.24, 2.45) is 7.05 Å². The normalized spacial score (nSPS) is 13.6. The van der Waals surface area contributed by atoms with Crippen LogP contribution in [0, 0.1) is 0 Å². The van der Waals surface area contributed by atoms with Crippen molar-refractivity contribution in [3.63, 3.8) is 0 Å². The lowest BCUT2D eigenvalue weighted by atomic mass is 10.0. The number of hydrogen-bond donors (Lipinski definition) is 1. The first-order valence-electron chi connectivity index (χ1n) is 6.80. The zero-order valence-electron chi connectivity index (χ0n) is 12.5. The molecule has 0 aliphatic carbocycles. The van der Waals surface area contributed by atoms with Crippen molar-refractivity contribution in [3.05, 3.63) is 30.1 Å². The maximum absolute atomic E-state index is 4.44. The average Bonchev–Trinajstić information content (AvgIpc) is 2.70. The molecule has 0 aliphatic rings. The van der Waals surface area contributed by atoms with Crippen LogP contribution in [-0.4, -0.2) is 41.1 Å². The quantitative estimate of drug-likeness (QED) is 0.894. The Balaban J connectivity index is 2.28. The van der Waals surface area contributed by atoms with Gasteiger partial charge in [-0.25, -0.2) is 4.98 Å². The summed E-state index contributed by atoms with van der Waals surface area (Å²) in [5.41, 5.74) is 3.55. The molecular formula is C15H24N4. The Labute approximate surface area is 115 Å². The molecule has 0 bridgehead atoms. The number of aromatic nitrogens is 2. The van der Waals surface area contributed by atoms with Gasteiger partial charge in [-0.15, -0.1) is 0 Å². The van der Waals surface area contributed by atoms with Gasteiger partial charge >= 0.3 is 0 Å². The van der Waals surface area contributed by atoms with E-state index in [1.54, 1.807) is 0 Å². The molecule has 1 atom stereocenters. The van der Waals surface area contributed by atoms with Crippen LogP contribution < -0.4 is 5.32 Å². The SMILES string of the molecule is CC(C)NCC(c1ccc2c(c1)ncn2C)N(C)C. The topological polar surface area (TPSA) is 33.1 Å². The summed E-state index contributed by atoms with van der Waals surface area (Å²) in [4.78, 5) is 6.69. The van der Waals surface area contributed by atoms with Crippen LogP contribution in [0.2, 0.25) is 0 Å². The van der Waals surface area contributed by atoms with Crippen molar-refractivity contribution >= 4 is 11.0 Å². The minimum Gasteiger partial charge on any atom is -0.334 e. The summed E-state index contributed by atoms with van der Waals surface area (Å²) >= 11 is 0. The summed E-state index contributed by atoms with van der Waals surface area (Å²) < 4.78 is 2.05. The maximum Gasteiger partial charge on any atom is 0.0955 e. The van der Waals surface area contributed by atoms with E-state index in [9.17, 15) is 0 Å². The van der Waals surface area contributed by atoms with Gasteiger partial charge in [-0.3, -0.25) is 0 Å². The van der Waals surface area contributed by atoms with Crippen LogP contribution in [0.15, 0.2) is 24.5 Å². The van der Waals surface area contributed by atoms with Gasteiger partial charge in [0.1, 0.15) is 0 Å². The predicted octanol–water partition coefficient (Wildman–Crippen LogP) is 2.17. The minimum atomic E-state index is 0.369. The molecule has 4 nitrogen and oxygen atoms in total. The Kier molecular flexibility index (Phi) is 4.22. The maximum atomic E-state index is 4.44. The molecule has 0 fully saturated rings. The van der Waals surface area contributed by atoms with Gasteiger partial charge in [-0.2, -0.15) is 0 Å². The van der Waals surface area contributed by atoms with Crippen LogP contribution in [0.5, 0.6) is 0 Å². The lowest BCUT2D eigenvalue weighted by Gasteiger charge is -2.26. The number of imidazole rings is 1. The molecule has 1 aromatic carbocycles. The number of fused-ring (bicyclic) bond motifs is 1. The van der Waals surface area contributed by atoms with Gasteiger partial charge in [0.15, 0.2) is 0 Å². The summed E-state index contributed by atoms with van der Waals surface area (Å²) in [6, 6.07) is 7.43. The molecular weight excluding hydrogens is 236 g/mol. The van der Waals surface area contributed by atoms with Gasteiger partial charge in [0.05, 0.1) is 17.4 Å². The van der Waals surface area contributed by atoms with E-state index in [1.807, 2.05) is 13.4 Å². The monoisotopic (exact) mass is 260 g/mol. The van der Waals surface area contributed by atoms with Crippen LogP contribution in [0.3, 0.4) is 0 Å². The third kappa shape index (κ3) is 3.14. The van der Waals surface area contributed by atoms with Gasteiger partial charge in [-0.1, -0.05) is 19.9 Å². The Hall–Kier alpha value is -1.39. The number of rotatable bonds is 5. The molecule has 1 aromatic heterocycles. The average molecular weight is 260 g/mol. The summed E-state index contributed by atoms with van der Waals surface area (Å²) in [5.74, 6) is 0. The van der Waals surface area contributed by atoms with Crippen molar-refractivity contribution in [2.75, 3.05) is 20.6 Å². The second kappa shape index (κ2) is 5.72. The van der Waals surface area contributed by atoms with Crippen molar-refractivity contribution in [1.29, 1.82) is 0 Å². The van der Waals surface area contributed by atoms with E-state index < -0.39 is 0 Å². The number of nitrogens with one attached hydrogen (secondary N) is 1. The third-order valence-electron chi connectivity index (χ3n) is 3.48. The highest BCUT2D eigenvalue weighted by atomic mass is 15.1. The van der Waals surface area contributed by atoms with E-state index in [1.165, 1.54) is 11.1 Å². The van der Waals surface area contributed by atoms with Gasteiger partial charge in [0.2, 0.25) is 0 Å². The molecule has 0 saturated heterocycles. The molecule has 4 heteroatoms. The number of benzene rings is 1. The fraction of sp³-hybridized carbons (Fsp3) is 0.533. The van der Waals surface area contributed by atoms with Crippen molar-refractivity contribution in [1.82, 2.24) is 19.8 Å². The molecule has 1 unspecified atom stereocenters. The van der Waals surface area contributed by atoms with Crippen LogP contribution in [0.1, 0.15) is 25.5 Å². The highest BCUT2D eigenvalue weighted by Crippen LogP contribution is 2.22. The molecule has 0 spiro atoms. The number of nitrogens with zero attached hydrogens (tertiary/aromatic N) is 3. The van der Waals surface area contributed by atoms with E-state index in [2.05, 4.69) is 65.9 Å². The molecule has 0 saturated carbocycles. The summed E-state index contributed by atoms with van der Waals surface area (Å²) in [5, 5.41) is 3.51. The molecule has 104 valence electrons. The van der Waals surface area contributed by atoms with E-state index in [4.69, 9.17) is 0 Å². The first-order valence-corrected chi connectivity index (χ1v) is 6.80.